The van der Waals surface area contributed by atoms with E-state index in [1.807, 2.05) is 24.0 Å². The van der Waals surface area contributed by atoms with E-state index in [2.05, 4.69) is 9.88 Å². The monoisotopic (exact) mass is 278 g/mol. The van der Waals surface area contributed by atoms with Gasteiger partial charge >= 0.3 is 0 Å². The average molecular weight is 278 g/mol. The summed E-state index contributed by atoms with van der Waals surface area (Å²) in [5, 5.41) is 0. The molecule has 2 rings (SSSR count). The number of piperazine rings is 1. The fraction of sp³-hybridized carbons (Fsp3) is 0.462. The van der Waals surface area contributed by atoms with Gasteiger partial charge in [0.05, 0.1) is 4.99 Å². The number of amides is 1. The number of nitrogens with two attached hydrogens (primary N) is 1. The van der Waals surface area contributed by atoms with E-state index in [0.29, 0.717) is 30.3 Å². The second kappa shape index (κ2) is 6.08. The van der Waals surface area contributed by atoms with E-state index in [-0.39, 0.29) is 5.91 Å². The minimum absolute atomic E-state index is 0.00123. The molecule has 0 atom stereocenters. The Hall–Kier alpha value is -1.53. The van der Waals surface area contributed by atoms with Crippen molar-refractivity contribution in [3.05, 3.63) is 29.6 Å². The van der Waals surface area contributed by atoms with Gasteiger partial charge in [-0.15, -0.1) is 0 Å². The summed E-state index contributed by atoms with van der Waals surface area (Å²) in [4.78, 5) is 21.0. The van der Waals surface area contributed by atoms with Crippen molar-refractivity contribution < 1.29 is 4.79 Å². The average Bonchev–Trinajstić information content (AvgIpc) is 2.38. The van der Waals surface area contributed by atoms with Gasteiger partial charge in [-0.2, -0.15) is 0 Å². The van der Waals surface area contributed by atoms with Crippen molar-refractivity contribution in [3.8, 4) is 0 Å². The first-order valence-electron chi connectivity index (χ1n) is 6.30. The van der Waals surface area contributed by atoms with Gasteiger partial charge in [0.25, 0.3) is 5.91 Å². The van der Waals surface area contributed by atoms with Gasteiger partial charge in [-0.1, -0.05) is 18.3 Å². The van der Waals surface area contributed by atoms with Crippen LogP contribution in [0.1, 0.15) is 16.2 Å². The smallest absolute Gasteiger partial charge is 0.272 e. The lowest BCUT2D eigenvalue weighted by Gasteiger charge is -2.34. The number of carbonyl (C=O) groups is 1. The molecule has 1 saturated heterocycles. The van der Waals surface area contributed by atoms with E-state index >= 15 is 0 Å². The second-order valence-electron chi connectivity index (χ2n) is 4.70. The molecule has 1 aromatic heterocycles. The van der Waals surface area contributed by atoms with Gasteiger partial charge in [-0.3, -0.25) is 9.69 Å². The van der Waals surface area contributed by atoms with Crippen LogP contribution in [0.2, 0.25) is 0 Å². The number of hydrogen-bond donors (Lipinski definition) is 1. The number of aryl methyl sites for hydroxylation is 1. The summed E-state index contributed by atoms with van der Waals surface area (Å²) in [7, 11) is 0. The standard InChI is InChI=1S/C13H18N4OS/c1-10-3-2-4-11(15-10)13(18)17-7-5-16(6-8-17)9-12(14)19/h2-4H,5-9H2,1H3,(H2,14,19). The van der Waals surface area contributed by atoms with Crippen LogP contribution in [0.3, 0.4) is 0 Å². The molecule has 0 radical (unpaired) electrons. The zero-order valence-electron chi connectivity index (χ0n) is 11.0. The van der Waals surface area contributed by atoms with Crippen molar-refractivity contribution in [1.82, 2.24) is 14.8 Å². The largest absolute Gasteiger partial charge is 0.392 e. The fourth-order valence-electron chi connectivity index (χ4n) is 2.15. The summed E-state index contributed by atoms with van der Waals surface area (Å²) in [6.45, 7) is 5.49. The third kappa shape index (κ3) is 3.71. The van der Waals surface area contributed by atoms with Crippen molar-refractivity contribution in [2.75, 3.05) is 32.7 Å². The van der Waals surface area contributed by atoms with Crippen molar-refractivity contribution in [3.63, 3.8) is 0 Å². The normalized spacial score (nSPS) is 16.4. The van der Waals surface area contributed by atoms with Crippen LogP contribution in [-0.2, 0) is 0 Å². The van der Waals surface area contributed by atoms with Gasteiger partial charge < -0.3 is 10.6 Å². The van der Waals surface area contributed by atoms with Crippen LogP contribution in [0.15, 0.2) is 18.2 Å². The highest BCUT2D eigenvalue weighted by Crippen LogP contribution is 2.07. The second-order valence-corrected chi connectivity index (χ2v) is 5.22. The Balaban J connectivity index is 1.94. The Bertz CT molecular complexity index is 483. The highest BCUT2D eigenvalue weighted by Gasteiger charge is 2.22. The van der Waals surface area contributed by atoms with Crippen molar-refractivity contribution in [2.24, 2.45) is 5.73 Å². The van der Waals surface area contributed by atoms with Crippen LogP contribution in [0.25, 0.3) is 0 Å². The van der Waals surface area contributed by atoms with Crippen molar-refractivity contribution in [1.29, 1.82) is 0 Å². The van der Waals surface area contributed by atoms with E-state index in [1.165, 1.54) is 0 Å². The van der Waals surface area contributed by atoms with Gasteiger partial charge in [0, 0.05) is 38.4 Å². The Morgan fingerprint density at radius 2 is 2.05 bits per heavy atom. The van der Waals surface area contributed by atoms with E-state index in [9.17, 15) is 4.79 Å². The molecule has 1 aliphatic rings. The molecule has 1 aliphatic heterocycles. The van der Waals surface area contributed by atoms with E-state index in [4.69, 9.17) is 18.0 Å². The predicted molar refractivity (Wildman–Crippen MR) is 78.1 cm³/mol. The zero-order valence-corrected chi connectivity index (χ0v) is 11.8. The Morgan fingerprint density at radius 1 is 1.37 bits per heavy atom. The molecule has 19 heavy (non-hydrogen) atoms. The van der Waals surface area contributed by atoms with Gasteiger partial charge in [-0.25, -0.2) is 4.98 Å². The van der Waals surface area contributed by atoms with E-state index in [0.717, 1.165) is 18.8 Å². The molecule has 0 spiro atoms. The minimum atomic E-state index is -0.00123. The number of thiocarbonyl (C=S) groups is 1. The molecule has 1 aromatic rings. The summed E-state index contributed by atoms with van der Waals surface area (Å²) in [5.74, 6) is -0.00123. The maximum atomic E-state index is 12.3. The molecule has 0 saturated carbocycles. The first-order valence-corrected chi connectivity index (χ1v) is 6.70. The lowest BCUT2D eigenvalue weighted by atomic mass is 10.2. The first-order chi connectivity index (χ1) is 9.06. The van der Waals surface area contributed by atoms with Gasteiger partial charge in [-0.05, 0) is 19.1 Å². The summed E-state index contributed by atoms with van der Waals surface area (Å²) in [6, 6.07) is 5.51. The van der Waals surface area contributed by atoms with Crippen molar-refractivity contribution >= 4 is 23.1 Å². The quantitative estimate of drug-likeness (QED) is 0.813. The molecule has 2 N–H and O–H groups in total. The number of rotatable bonds is 3. The third-order valence-electron chi connectivity index (χ3n) is 3.15. The molecule has 0 unspecified atom stereocenters. The number of pyridine rings is 1. The van der Waals surface area contributed by atoms with Crippen LogP contribution in [0.5, 0.6) is 0 Å². The van der Waals surface area contributed by atoms with Gasteiger partial charge in [0.2, 0.25) is 0 Å². The van der Waals surface area contributed by atoms with Gasteiger partial charge in [0.1, 0.15) is 5.69 Å². The highest BCUT2D eigenvalue weighted by molar-refractivity contribution is 7.80. The van der Waals surface area contributed by atoms with Crippen LogP contribution in [0.4, 0.5) is 0 Å². The number of hydrogen-bond acceptors (Lipinski definition) is 4. The topological polar surface area (TPSA) is 62.5 Å². The van der Waals surface area contributed by atoms with Crippen LogP contribution in [-0.4, -0.2) is 58.4 Å². The Kier molecular flexibility index (Phi) is 4.44. The molecular weight excluding hydrogens is 260 g/mol. The van der Waals surface area contributed by atoms with Gasteiger partial charge in [0.15, 0.2) is 0 Å². The first kappa shape index (κ1) is 13.9. The minimum Gasteiger partial charge on any atom is -0.392 e. The van der Waals surface area contributed by atoms with E-state index in [1.54, 1.807) is 6.07 Å². The summed E-state index contributed by atoms with van der Waals surface area (Å²) in [5.41, 5.74) is 6.90. The molecule has 0 aromatic carbocycles. The third-order valence-corrected chi connectivity index (χ3v) is 3.28. The predicted octanol–water partition coefficient (Wildman–Crippen LogP) is 0.434. The van der Waals surface area contributed by atoms with E-state index < -0.39 is 0 Å². The number of aromatic nitrogens is 1. The Labute approximate surface area is 118 Å². The molecule has 1 amide bonds. The molecule has 5 nitrogen and oxygen atoms in total. The summed E-state index contributed by atoms with van der Waals surface area (Å²) < 4.78 is 0. The molecule has 6 heteroatoms. The summed E-state index contributed by atoms with van der Waals surface area (Å²) >= 11 is 4.89. The number of carbonyl (C=O) groups excluding carboxylic acids is 1. The molecular formula is C13H18N4OS. The maximum absolute atomic E-state index is 12.3. The zero-order chi connectivity index (χ0) is 13.8. The molecule has 0 aliphatic carbocycles. The maximum Gasteiger partial charge on any atom is 0.272 e. The molecule has 2 heterocycles. The number of nitrogens with zero attached hydrogens (tertiary/aromatic N) is 3. The van der Waals surface area contributed by atoms with Crippen LogP contribution < -0.4 is 5.73 Å². The summed E-state index contributed by atoms with van der Waals surface area (Å²) in [6.07, 6.45) is 0. The fourth-order valence-corrected chi connectivity index (χ4v) is 2.34. The van der Waals surface area contributed by atoms with Crippen LogP contribution in [0, 0.1) is 6.92 Å². The van der Waals surface area contributed by atoms with Crippen LogP contribution >= 0.6 is 12.2 Å². The Morgan fingerprint density at radius 3 is 2.63 bits per heavy atom. The molecule has 1 fully saturated rings. The lowest BCUT2D eigenvalue weighted by Crippen LogP contribution is -2.50. The SMILES string of the molecule is Cc1cccc(C(=O)N2CCN(CC(N)=S)CC2)n1. The highest BCUT2D eigenvalue weighted by atomic mass is 32.1. The molecule has 0 bridgehead atoms. The van der Waals surface area contributed by atoms with Crippen molar-refractivity contribution in [2.45, 2.75) is 6.92 Å². The molecule has 102 valence electrons. The lowest BCUT2D eigenvalue weighted by molar-refractivity contribution is 0.0648.